The summed E-state index contributed by atoms with van der Waals surface area (Å²) in [6.45, 7) is 4.56. The molecule has 4 nitrogen and oxygen atoms in total. The number of halogens is 1. The fourth-order valence-electron chi connectivity index (χ4n) is 1.19. The van der Waals surface area contributed by atoms with Gasteiger partial charge in [-0.1, -0.05) is 6.92 Å². The lowest BCUT2D eigenvalue weighted by Crippen LogP contribution is -2.15. The molecular weight excluding hydrogens is 246 g/mol. The van der Waals surface area contributed by atoms with Crippen LogP contribution in [0.15, 0.2) is 6.07 Å². The number of hydrogen-bond donors (Lipinski definition) is 1. The molecule has 90 valence electrons. The maximum atomic E-state index is 11.1. The molecule has 0 saturated heterocycles. The van der Waals surface area contributed by atoms with E-state index in [-0.39, 0.29) is 10.5 Å². The summed E-state index contributed by atoms with van der Waals surface area (Å²) in [6, 6.07) is 1.83. The smallest absolute Gasteiger partial charge is 0.224 e. The molecule has 1 heterocycles. The Hall–Kier alpha value is -0.680. The minimum absolute atomic E-state index is 0.186. The van der Waals surface area contributed by atoms with Crippen molar-refractivity contribution in [2.75, 3.05) is 18.1 Å². The molecule has 2 unspecified atom stereocenters. The normalized spacial score (nSPS) is 14.5. The molecule has 0 spiro atoms. The summed E-state index contributed by atoms with van der Waals surface area (Å²) < 4.78 is 11.1. The molecule has 1 rings (SSSR count). The Morgan fingerprint density at radius 3 is 2.81 bits per heavy atom. The predicted molar refractivity (Wildman–Crippen MR) is 68.4 cm³/mol. The number of hydrogen-bond acceptors (Lipinski definition) is 4. The van der Waals surface area contributed by atoms with Crippen molar-refractivity contribution in [1.29, 1.82) is 0 Å². The average Bonchev–Trinajstić information content (AvgIpc) is 2.15. The van der Waals surface area contributed by atoms with E-state index in [0.29, 0.717) is 5.82 Å². The largest absolute Gasteiger partial charge is 0.370 e. The van der Waals surface area contributed by atoms with Gasteiger partial charge < -0.3 is 5.32 Å². The highest BCUT2D eigenvalue weighted by Crippen LogP contribution is 2.10. The molecule has 0 bridgehead atoms. The summed E-state index contributed by atoms with van der Waals surface area (Å²) in [7, 11) is -0.776. The number of rotatable bonds is 5. The number of aryl methyl sites for hydroxylation is 1. The molecule has 0 radical (unpaired) electrons. The third-order valence-electron chi connectivity index (χ3n) is 2.25. The van der Waals surface area contributed by atoms with Crippen molar-refractivity contribution in [2.24, 2.45) is 0 Å². The van der Waals surface area contributed by atoms with Crippen LogP contribution in [-0.2, 0) is 10.8 Å². The molecule has 1 aromatic heterocycles. The maximum Gasteiger partial charge on any atom is 0.224 e. The number of anilines is 1. The average molecular weight is 262 g/mol. The van der Waals surface area contributed by atoms with Crippen molar-refractivity contribution in [3.8, 4) is 0 Å². The Morgan fingerprint density at radius 2 is 2.25 bits per heavy atom. The molecule has 16 heavy (non-hydrogen) atoms. The Kier molecular flexibility index (Phi) is 5.15. The zero-order chi connectivity index (χ0) is 12.1. The molecule has 0 fully saturated rings. The van der Waals surface area contributed by atoms with Crippen LogP contribution in [0.1, 0.15) is 19.0 Å². The van der Waals surface area contributed by atoms with Gasteiger partial charge in [0.2, 0.25) is 5.28 Å². The summed E-state index contributed by atoms with van der Waals surface area (Å²) in [4.78, 5) is 8.01. The van der Waals surface area contributed by atoms with Crippen LogP contribution >= 0.6 is 11.6 Å². The number of nitrogens with zero attached hydrogens (tertiary/aromatic N) is 2. The quantitative estimate of drug-likeness (QED) is 0.824. The van der Waals surface area contributed by atoms with Crippen LogP contribution in [0.25, 0.3) is 0 Å². The van der Waals surface area contributed by atoms with Crippen LogP contribution in [0.3, 0.4) is 0 Å². The summed E-state index contributed by atoms with van der Waals surface area (Å²) in [5.41, 5.74) is 0.828. The molecule has 0 aliphatic carbocycles. The van der Waals surface area contributed by atoms with Gasteiger partial charge in [-0.2, -0.15) is 0 Å². The molecule has 0 aliphatic rings. The van der Waals surface area contributed by atoms with E-state index in [9.17, 15) is 4.21 Å². The Labute approximate surface area is 103 Å². The van der Waals surface area contributed by atoms with E-state index in [1.807, 2.05) is 19.9 Å². The van der Waals surface area contributed by atoms with Crippen LogP contribution in [0.4, 0.5) is 5.82 Å². The van der Waals surface area contributed by atoms with Crippen molar-refractivity contribution in [3.05, 3.63) is 17.0 Å². The second-order valence-corrected chi connectivity index (χ2v) is 5.83. The first-order valence-corrected chi connectivity index (χ1v) is 7.06. The molecule has 0 aliphatic heterocycles. The molecule has 2 atom stereocenters. The van der Waals surface area contributed by atoms with Gasteiger partial charge in [-0.05, 0) is 24.9 Å². The first-order valence-electron chi connectivity index (χ1n) is 5.06. The number of nitrogens with one attached hydrogen (secondary N) is 1. The van der Waals surface area contributed by atoms with Crippen LogP contribution in [0.5, 0.6) is 0 Å². The van der Waals surface area contributed by atoms with Gasteiger partial charge in [-0.25, -0.2) is 9.97 Å². The van der Waals surface area contributed by atoms with Crippen molar-refractivity contribution >= 4 is 28.2 Å². The summed E-state index contributed by atoms with van der Waals surface area (Å²) in [5, 5.41) is 3.57. The van der Waals surface area contributed by atoms with Gasteiger partial charge in [0.05, 0.1) is 0 Å². The second-order valence-electron chi connectivity index (χ2n) is 3.69. The first-order chi connectivity index (χ1) is 7.49. The van der Waals surface area contributed by atoms with Gasteiger partial charge in [0.1, 0.15) is 5.82 Å². The fourth-order valence-corrected chi connectivity index (χ4v) is 1.87. The van der Waals surface area contributed by atoms with E-state index >= 15 is 0 Å². The molecule has 0 amide bonds. The monoisotopic (exact) mass is 261 g/mol. The maximum absolute atomic E-state index is 11.1. The minimum atomic E-state index is -0.776. The van der Waals surface area contributed by atoms with Gasteiger partial charge in [0.25, 0.3) is 0 Å². The van der Waals surface area contributed by atoms with Crippen LogP contribution in [-0.4, -0.2) is 32.2 Å². The van der Waals surface area contributed by atoms with E-state index < -0.39 is 10.8 Å². The van der Waals surface area contributed by atoms with E-state index in [1.54, 1.807) is 6.26 Å². The van der Waals surface area contributed by atoms with Gasteiger partial charge in [0.15, 0.2) is 0 Å². The standard InChI is InChI=1S/C10H16ClN3OS/c1-7-6-9(14-10(11)13-7)12-5-4-8(2)16(3)15/h6,8H,4-5H2,1-3H3,(H,12,13,14). The lowest BCUT2D eigenvalue weighted by molar-refractivity contribution is 0.672. The van der Waals surface area contributed by atoms with Gasteiger partial charge in [-0.3, -0.25) is 4.21 Å². The van der Waals surface area contributed by atoms with Gasteiger partial charge >= 0.3 is 0 Å². The highest BCUT2D eigenvalue weighted by atomic mass is 35.5. The first kappa shape index (κ1) is 13.4. The fraction of sp³-hybridized carbons (Fsp3) is 0.600. The second kappa shape index (κ2) is 6.15. The highest BCUT2D eigenvalue weighted by Gasteiger charge is 2.06. The van der Waals surface area contributed by atoms with E-state index in [2.05, 4.69) is 15.3 Å². The summed E-state index contributed by atoms with van der Waals surface area (Å²) in [5.74, 6) is 0.714. The summed E-state index contributed by atoms with van der Waals surface area (Å²) >= 11 is 5.73. The van der Waals surface area contributed by atoms with Gasteiger partial charge in [-0.15, -0.1) is 0 Å². The van der Waals surface area contributed by atoms with E-state index in [1.165, 1.54) is 0 Å². The minimum Gasteiger partial charge on any atom is -0.370 e. The third kappa shape index (κ3) is 4.45. The molecule has 6 heteroatoms. The van der Waals surface area contributed by atoms with Crippen LogP contribution in [0.2, 0.25) is 5.28 Å². The zero-order valence-corrected chi connectivity index (χ0v) is 11.2. The topological polar surface area (TPSA) is 54.9 Å². The lowest BCUT2D eigenvalue weighted by atomic mass is 10.3. The van der Waals surface area contributed by atoms with Crippen molar-refractivity contribution < 1.29 is 4.21 Å². The van der Waals surface area contributed by atoms with Crippen molar-refractivity contribution in [1.82, 2.24) is 9.97 Å². The van der Waals surface area contributed by atoms with Gasteiger partial charge in [0, 0.05) is 40.6 Å². The highest BCUT2D eigenvalue weighted by molar-refractivity contribution is 7.84. The van der Waals surface area contributed by atoms with Crippen molar-refractivity contribution in [2.45, 2.75) is 25.5 Å². The summed E-state index contributed by atoms with van der Waals surface area (Å²) in [6.07, 6.45) is 2.56. The molecular formula is C10H16ClN3OS. The van der Waals surface area contributed by atoms with E-state index in [4.69, 9.17) is 11.6 Å². The number of aromatic nitrogens is 2. The van der Waals surface area contributed by atoms with Crippen LogP contribution < -0.4 is 5.32 Å². The molecule has 1 N–H and O–H groups in total. The zero-order valence-electron chi connectivity index (χ0n) is 9.66. The molecule has 0 aromatic carbocycles. The van der Waals surface area contributed by atoms with Crippen molar-refractivity contribution in [3.63, 3.8) is 0 Å². The molecule has 0 saturated carbocycles. The predicted octanol–water partition coefficient (Wildman–Crippen LogP) is 2.01. The lowest BCUT2D eigenvalue weighted by Gasteiger charge is -2.09. The molecule has 1 aromatic rings. The third-order valence-corrected chi connectivity index (χ3v) is 3.79. The SMILES string of the molecule is Cc1cc(NCCC(C)S(C)=O)nc(Cl)n1. The Balaban J connectivity index is 2.46. The Morgan fingerprint density at radius 1 is 1.56 bits per heavy atom. The Bertz CT molecular complexity index is 366. The van der Waals surface area contributed by atoms with E-state index in [0.717, 1.165) is 18.7 Å². The van der Waals surface area contributed by atoms with Crippen LogP contribution in [0, 0.1) is 6.92 Å².